The number of rotatable bonds is 10. The predicted octanol–water partition coefficient (Wildman–Crippen LogP) is 7.56. The van der Waals surface area contributed by atoms with Gasteiger partial charge in [0, 0.05) is 37.3 Å². The van der Waals surface area contributed by atoms with Crippen LogP contribution < -0.4 is 10.6 Å². The standard InChI is InChI=1S/C18H23NO3Si.C18H23NO2SSi/c1-13(20)22-11-14-9-10-17(16-8-6-5-7-15(14)16)18(21)19-12-23(2,3)4;1-13(20)21-11-14-9-10-17(16-8-6-5-7-15(14)16)18(22)19-12-23(2,3)4/h5-10H,11-12H2,1-4H3,(H,19,21);5-10H,11-12H2,1-4H3,(H,19,22). The van der Waals surface area contributed by atoms with Crippen molar-refractivity contribution in [2.24, 2.45) is 0 Å². The van der Waals surface area contributed by atoms with Crippen molar-refractivity contribution in [1.82, 2.24) is 10.6 Å². The fourth-order valence-corrected chi connectivity index (χ4v) is 6.39. The number of fused-ring (bicyclic) bond motifs is 2. The van der Waals surface area contributed by atoms with Gasteiger partial charge in [-0.3, -0.25) is 14.4 Å². The summed E-state index contributed by atoms with van der Waals surface area (Å²) in [6.45, 7) is 16.9. The highest BCUT2D eigenvalue weighted by molar-refractivity contribution is 7.80. The van der Waals surface area contributed by atoms with E-state index in [0.717, 1.165) is 55.6 Å². The Balaban J connectivity index is 0.000000250. The maximum Gasteiger partial charge on any atom is 0.302 e. The van der Waals surface area contributed by atoms with Crippen molar-refractivity contribution in [3.63, 3.8) is 0 Å². The Kier molecular flexibility index (Phi) is 12.8. The normalized spacial score (nSPS) is 11.3. The van der Waals surface area contributed by atoms with E-state index in [1.165, 1.54) is 13.8 Å². The largest absolute Gasteiger partial charge is 0.461 e. The smallest absolute Gasteiger partial charge is 0.302 e. The summed E-state index contributed by atoms with van der Waals surface area (Å²) in [5.41, 5.74) is 3.58. The van der Waals surface area contributed by atoms with Gasteiger partial charge in [0.15, 0.2) is 0 Å². The zero-order chi connectivity index (χ0) is 34.1. The molecule has 0 aliphatic carbocycles. The van der Waals surface area contributed by atoms with Crippen LogP contribution in [0, 0.1) is 0 Å². The number of benzene rings is 4. The number of thiocarbonyl (C=S) groups is 1. The molecule has 0 atom stereocenters. The monoisotopic (exact) mass is 674 g/mol. The third kappa shape index (κ3) is 11.2. The Morgan fingerprint density at radius 2 is 0.978 bits per heavy atom. The summed E-state index contributed by atoms with van der Waals surface area (Å²) in [6, 6.07) is 23.5. The van der Waals surface area contributed by atoms with E-state index in [4.69, 9.17) is 21.7 Å². The molecule has 0 saturated heterocycles. The highest BCUT2D eigenvalue weighted by atomic mass is 32.1. The molecule has 0 heterocycles. The van der Waals surface area contributed by atoms with Gasteiger partial charge in [-0.05, 0) is 38.7 Å². The van der Waals surface area contributed by atoms with Crippen molar-refractivity contribution in [3.05, 3.63) is 95.1 Å². The van der Waals surface area contributed by atoms with Gasteiger partial charge in [-0.25, -0.2) is 0 Å². The molecule has 0 radical (unpaired) electrons. The molecular weight excluding hydrogens is 629 g/mol. The van der Waals surface area contributed by atoms with Crippen LogP contribution >= 0.6 is 12.2 Å². The van der Waals surface area contributed by atoms with Crippen LogP contribution in [0.4, 0.5) is 0 Å². The molecule has 2 N–H and O–H groups in total. The first kappa shape index (κ1) is 36.6. The minimum atomic E-state index is -1.35. The van der Waals surface area contributed by atoms with Gasteiger partial charge in [0.05, 0.1) is 16.1 Å². The Morgan fingerprint density at radius 3 is 1.41 bits per heavy atom. The second kappa shape index (κ2) is 16.1. The lowest BCUT2D eigenvalue weighted by molar-refractivity contribution is -0.143. The SMILES string of the molecule is CC(=O)OCc1ccc(C(=O)NC[Si](C)(C)C)c2ccccc12.CC(=O)OCc1ccc(C(=S)NC[Si](C)(C)C)c2ccccc12. The molecule has 4 rings (SSSR count). The van der Waals surface area contributed by atoms with Gasteiger partial charge in [0.25, 0.3) is 5.91 Å². The van der Waals surface area contributed by atoms with Gasteiger partial charge >= 0.3 is 11.9 Å². The molecule has 4 aromatic carbocycles. The maximum atomic E-state index is 12.5. The predicted molar refractivity (Wildman–Crippen MR) is 198 cm³/mol. The van der Waals surface area contributed by atoms with Crippen LogP contribution in [0.3, 0.4) is 0 Å². The van der Waals surface area contributed by atoms with Crippen molar-refractivity contribution in [1.29, 1.82) is 0 Å². The molecule has 1 amide bonds. The Morgan fingerprint density at radius 1 is 0.587 bits per heavy atom. The van der Waals surface area contributed by atoms with E-state index >= 15 is 0 Å². The lowest BCUT2D eigenvalue weighted by Gasteiger charge is -2.19. The molecule has 0 spiro atoms. The highest BCUT2D eigenvalue weighted by Crippen LogP contribution is 2.25. The number of esters is 2. The first-order valence-corrected chi connectivity index (χ1v) is 23.2. The van der Waals surface area contributed by atoms with Crippen molar-refractivity contribution < 1.29 is 23.9 Å². The van der Waals surface area contributed by atoms with Crippen LogP contribution in [0.1, 0.15) is 40.9 Å². The minimum Gasteiger partial charge on any atom is -0.461 e. The number of amides is 1. The number of ether oxygens (including phenoxy) is 2. The van der Waals surface area contributed by atoms with Crippen LogP contribution in [-0.4, -0.2) is 51.3 Å². The average molecular weight is 675 g/mol. The van der Waals surface area contributed by atoms with Crippen LogP contribution in [0.2, 0.25) is 39.3 Å². The zero-order valence-electron chi connectivity index (χ0n) is 28.2. The number of carbonyl (C=O) groups excluding carboxylic acids is 3. The fraction of sp³-hybridized carbons (Fsp3) is 0.333. The van der Waals surface area contributed by atoms with Crippen LogP contribution in [0.5, 0.6) is 0 Å². The van der Waals surface area contributed by atoms with Crippen molar-refractivity contribution in [2.75, 3.05) is 12.3 Å². The van der Waals surface area contributed by atoms with E-state index in [9.17, 15) is 14.4 Å². The summed E-state index contributed by atoms with van der Waals surface area (Å²) >= 11 is 5.59. The molecule has 46 heavy (non-hydrogen) atoms. The molecule has 244 valence electrons. The molecule has 4 aromatic rings. The van der Waals surface area contributed by atoms with Crippen LogP contribution in [-0.2, 0) is 32.3 Å². The third-order valence-electron chi connectivity index (χ3n) is 6.94. The Labute approximate surface area is 280 Å². The molecule has 0 unspecified atom stereocenters. The van der Waals surface area contributed by atoms with Gasteiger partial charge in [-0.2, -0.15) is 0 Å². The number of carbonyl (C=O) groups is 3. The molecule has 0 saturated carbocycles. The Hall–Kier alpha value is -3.87. The van der Waals surface area contributed by atoms with E-state index in [-0.39, 0.29) is 31.1 Å². The number of hydrogen-bond acceptors (Lipinski definition) is 6. The quantitative estimate of drug-likeness (QED) is 0.102. The molecule has 0 bridgehead atoms. The van der Waals surface area contributed by atoms with E-state index in [0.29, 0.717) is 5.56 Å². The summed E-state index contributed by atoms with van der Waals surface area (Å²) in [7, 11) is -2.56. The van der Waals surface area contributed by atoms with E-state index in [1.54, 1.807) is 6.07 Å². The topological polar surface area (TPSA) is 93.7 Å². The van der Waals surface area contributed by atoms with E-state index in [1.807, 2.05) is 60.7 Å². The van der Waals surface area contributed by atoms with Crippen LogP contribution in [0.15, 0.2) is 72.8 Å². The van der Waals surface area contributed by atoms with Gasteiger partial charge in [-0.15, -0.1) is 0 Å². The molecule has 10 heteroatoms. The van der Waals surface area contributed by atoms with E-state index < -0.39 is 16.1 Å². The van der Waals surface area contributed by atoms with Crippen molar-refractivity contribution in [3.8, 4) is 0 Å². The van der Waals surface area contributed by atoms with Gasteiger partial charge < -0.3 is 20.1 Å². The highest BCUT2D eigenvalue weighted by Gasteiger charge is 2.18. The van der Waals surface area contributed by atoms with Gasteiger partial charge in [0.1, 0.15) is 18.2 Å². The minimum absolute atomic E-state index is 0.0531. The molecule has 0 fully saturated rings. The maximum absolute atomic E-state index is 12.5. The summed E-state index contributed by atoms with van der Waals surface area (Å²) in [6.07, 6.45) is 1.70. The summed E-state index contributed by atoms with van der Waals surface area (Å²) in [5.74, 6) is -0.640. The fourth-order valence-electron chi connectivity index (χ4n) is 4.61. The molecule has 0 aliphatic heterocycles. The third-order valence-corrected chi connectivity index (χ3v) is 9.78. The number of hydrogen-bond donors (Lipinski definition) is 2. The average Bonchev–Trinajstić information content (AvgIpc) is 2.99. The summed E-state index contributed by atoms with van der Waals surface area (Å²) in [5, 5.41) is 10.4. The molecule has 0 aromatic heterocycles. The van der Waals surface area contributed by atoms with E-state index in [2.05, 4.69) is 56.0 Å². The second-order valence-electron chi connectivity index (χ2n) is 13.7. The molecule has 0 aliphatic rings. The van der Waals surface area contributed by atoms with Crippen molar-refractivity contribution >= 4 is 72.7 Å². The summed E-state index contributed by atoms with van der Waals surface area (Å²) in [4.78, 5) is 35.4. The summed E-state index contributed by atoms with van der Waals surface area (Å²) < 4.78 is 10.2. The van der Waals surface area contributed by atoms with Crippen molar-refractivity contribution in [2.45, 2.75) is 66.3 Å². The zero-order valence-corrected chi connectivity index (χ0v) is 31.0. The van der Waals surface area contributed by atoms with Crippen LogP contribution in [0.25, 0.3) is 21.5 Å². The lowest BCUT2D eigenvalue weighted by atomic mass is 9.99. The van der Waals surface area contributed by atoms with Gasteiger partial charge in [0.2, 0.25) is 0 Å². The molecular formula is C36H46N2O5SSi2. The Bertz CT molecular complexity index is 1600. The number of nitrogens with one attached hydrogen (secondary N) is 2. The first-order valence-electron chi connectivity index (χ1n) is 15.4. The second-order valence-corrected chi connectivity index (χ2v) is 25.0. The van der Waals surface area contributed by atoms with Gasteiger partial charge in [-0.1, -0.05) is 118 Å². The first-order chi connectivity index (χ1) is 21.6. The molecule has 7 nitrogen and oxygen atoms in total. The lowest BCUT2D eigenvalue weighted by Crippen LogP contribution is -2.39.